The SMILES string of the molecule is O=C(Cc1cccc2ccccc12)Nc1ccnn1C1CCCCC1. The molecule has 1 fully saturated rings. The molecule has 25 heavy (non-hydrogen) atoms. The van der Waals surface area contributed by atoms with Crippen LogP contribution in [0.3, 0.4) is 0 Å². The third kappa shape index (κ3) is 3.43. The molecule has 1 amide bonds. The summed E-state index contributed by atoms with van der Waals surface area (Å²) >= 11 is 0. The van der Waals surface area contributed by atoms with Crippen molar-refractivity contribution >= 4 is 22.5 Å². The average Bonchev–Trinajstić information content (AvgIpc) is 3.11. The molecule has 0 radical (unpaired) electrons. The van der Waals surface area contributed by atoms with E-state index in [9.17, 15) is 4.79 Å². The molecule has 0 spiro atoms. The highest BCUT2D eigenvalue weighted by Crippen LogP contribution is 2.30. The van der Waals surface area contributed by atoms with Gasteiger partial charge in [0.1, 0.15) is 5.82 Å². The van der Waals surface area contributed by atoms with E-state index in [1.807, 2.05) is 35.0 Å². The Morgan fingerprint density at radius 1 is 1.04 bits per heavy atom. The van der Waals surface area contributed by atoms with Crippen molar-refractivity contribution < 1.29 is 4.79 Å². The highest BCUT2D eigenvalue weighted by molar-refractivity contribution is 5.95. The predicted octanol–water partition coefficient (Wildman–Crippen LogP) is 4.72. The van der Waals surface area contributed by atoms with E-state index in [1.165, 1.54) is 24.6 Å². The second kappa shape index (κ2) is 7.09. The van der Waals surface area contributed by atoms with Crippen molar-refractivity contribution in [1.82, 2.24) is 9.78 Å². The molecule has 0 bridgehead atoms. The zero-order chi connectivity index (χ0) is 17.1. The molecule has 1 N–H and O–H groups in total. The van der Waals surface area contributed by atoms with Gasteiger partial charge in [-0.2, -0.15) is 5.10 Å². The van der Waals surface area contributed by atoms with Crippen molar-refractivity contribution in [3.8, 4) is 0 Å². The number of hydrogen-bond donors (Lipinski definition) is 1. The summed E-state index contributed by atoms with van der Waals surface area (Å²) in [6, 6.07) is 16.6. The molecule has 1 saturated carbocycles. The first-order valence-electron chi connectivity index (χ1n) is 9.11. The normalized spacial score (nSPS) is 15.4. The fraction of sp³-hybridized carbons (Fsp3) is 0.333. The van der Waals surface area contributed by atoms with Crippen molar-refractivity contribution in [2.75, 3.05) is 5.32 Å². The van der Waals surface area contributed by atoms with Crippen LogP contribution in [0.15, 0.2) is 54.7 Å². The van der Waals surface area contributed by atoms with Crippen LogP contribution in [0.4, 0.5) is 5.82 Å². The number of carbonyl (C=O) groups is 1. The molecule has 3 aromatic rings. The molecular formula is C21H23N3O. The van der Waals surface area contributed by atoms with Crippen LogP contribution in [0.2, 0.25) is 0 Å². The van der Waals surface area contributed by atoms with Gasteiger partial charge >= 0.3 is 0 Å². The minimum absolute atomic E-state index is 0.00825. The molecule has 0 aliphatic heterocycles. The van der Waals surface area contributed by atoms with Gasteiger partial charge in [-0.1, -0.05) is 61.7 Å². The summed E-state index contributed by atoms with van der Waals surface area (Å²) in [4.78, 5) is 12.6. The van der Waals surface area contributed by atoms with Crippen molar-refractivity contribution in [1.29, 1.82) is 0 Å². The van der Waals surface area contributed by atoms with Gasteiger partial charge in [-0.05, 0) is 29.2 Å². The molecule has 1 aliphatic carbocycles. The molecule has 0 saturated heterocycles. The molecule has 1 heterocycles. The van der Waals surface area contributed by atoms with Gasteiger partial charge in [-0.3, -0.25) is 4.79 Å². The Labute approximate surface area is 147 Å². The summed E-state index contributed by atoms with van der Waals surface area (Å²) in [6.45, 7) is 0. The fourth-order valence-corrected chi connectivity index (χ4v) is 3.84. The Morgan fingerprint density at radius 3 is 2.72 bits per heavy atom. The lowest BCUT2D eigenvalue weighted by molar-refractivity contribution is -0.115. The Hall–Kier alpha value is -2.62. The number of fused-ring (bicyclic) bond motifs is 1. The van der Waals surface area contributed by atoms with E-state index in [0.29, 0.717) is 12.5 Å². The van der Waals surface area contributed by atoms with Crippen LogP contribution in [0, 0.1) is 0 Å². The molecule has 2 aromatic carbocycles. The zero-order valence-corrected chi connectivity index (χ0v) is 14.3. The maximum Gasteiger partial charge on any atom is 0.229 e. The number of hydrogen-bond acceptors (Lipinski definition) is 2. The first-order valence-corrected chi connectivity index (χ1v) is 9.11. The second-order valence-electron chi connectivity index (χ2n) is 6.82. The van der Waals surface area contributed by atoms with E-state index in [-0.39, 0.29) is 5.91 Å². The summed E-state index contributed by atoms with van der Waals surface area (Å²) in [5.41, 5.74) is 1.05. The minimum Gasteiger partial charge on any atom is -0.311 e. The van der Waals surface area contributed by atoms with Gasteiger partial charge in [-0.15, -0.1) is 0 Å². The van der Waals surface area contributed by atoms with Crippen molar-refractivity contribution in [3.05, 3.63) is 60.3 Å². The molecule has 4 rings (SSSR count). The van der Waals surface area contributed by atoms with Gasteiger partial charge in [0.2, 0.25) is 5.91 Å². The number of carbonyl (C=O) groups excluding carboxylic acids is 1. The summed E-state index contributed by atoms with van der Waals surface area (Å²) in [5, 5.41) is 9.82. The van der Waals surface area contributed by atoms with Crippen LogP contribution in [-0.2, 0) is 11.2 Å². The smallest absolute Gasteiger partial charge is 0.229 e. The molecule has 0 unspecified atom stereocenters. The van der Waals surface area contributed by atoms with Crippen LogP contribution in [0.25, 0.3) is 10.8 Å². The molecule has 4 heteroatoms. The monoisotopic (exact) mass is 333 g/mol. The topological polar surface area (TPSA) is 46.9 Å². The number of nitrogens with zero attached hydrogens (tertiary/aromatic N) is 2. The molecule has 1 aliphatic rings. The molecular weight excluding hydrogens is 310 g/mol. The Bertz CT molecular complexity index is 872. The zero-order valence-electron chi connectivity index (χ0n) is 14.3. The molecule has 0 atom stereocenters. The standard InChI is InChI=1S/C21H23N3O/c25-21(15-17-9-6-8-16-7-4-5-12-19(16)17)23-20-13-14-22-24(20)18-10-2-1-3-11-18/h4-9,12-14,18H,1-3,10-11,15H2,(H,23,25). The fourth-order valence-electron chi connectivity index (χ4n) is 3.84. The lowest BCUT2D eigenvalue weighted by Gasteiger charge is -2.23. The lowest BCUT2D eigenvalue weighted by Crippen LogP contribution is -2.21. The van der Waals surface area contributed by atoms with Crippen LogP contribution in [0.5, 0.6) is 0 Å². The van der Waals surface area contributed by atoms with E-state index in [1.54, 1.807) is 6.20 Å². The Morgan fingerprint density at radius 2 is 1.84 bits per heavy atom. The summed E-state index contributed by atoms with van der Waals surface area (Å²) in [5.74, 6) is 0.825. The van der Waals surface area contributed by atoms with E-state index in [4.69, 9.17) is 0 Å². The van der Waals surface area contributed by atoms with Crippen LogP contribution < -0.4 is 5.32 Å². The van der Waals surface area contributed by atoms with Gasteiger partial charge in [0.05, 0.1) is 18.7 Å². The highest BCUT2D eigenvalue weighted by Gasteiger charge is 2.19. The maximum atomic E-state index is 12.6. The van der Waals surface area contributed by atoms with Gasteiger partial charge in [0, 0.05) is 6.07 Å². The summed E-state index contributed by atoms with van der Waals surface area (Å²) < 4.78 is 2.00. The van der Waals surface area contributed by atoms with E-state index < -0.39 is 0 Å². The number of nitrogens with one attached hydrogen (secondary N) is 1. The number of amides is 1. The average molecular weight is 333 g/mol. The predicted molar refractivity (Wildman–Crippen MR) is 101 cm³/mol. The summed E-state index contributed by atoms with van der Waals surface area (Å²) in [6.07, 6.45) is 8.24. The van der Waals surface area contributed by atoms with E-state index in [0.717, 1.165) is 29.6 Å². The van der Waals surface area contributed by atoms with Crippen molar-refractivity contribution in [2.45, 2.75) is 44.6 Å². The number of benzene rings is 2. The second-order valence-corrected chi connectivity index (χ2v) is 6.82. The Balaban J connectivity index is 1.50. The summed E-state index contributed by atoms with van der Waals surface area (Å²) in [7, 11) is 0. The lowest BCUT2D eigenvalue weighted by atomic mass is 9.96. The third-order valence-corrected chi connectivity index (χ3v) is 5.09. The first-order chi connectivity index (χ1) is 12.3. The molecule has 1 aromatic heterocycles. The van der Waals surface area contributed by atoms with E-state index >= 15 is 0 Å². The number of aromatic nitrogens is 2. The van der Waals surface area contributed by atoms with Gasteiger partial charge < -0.3 is 5.32 Å². The molecule has 128 valence electrons. The molecule has 4 nitrogen and oxygen atoms in total. The van der Waals surface area contributed by atoms with Crippen LogP contribution >= 0.6 is 0 Å². The maximum absolute atomic E-state index is 12.6. The van der Waals surface area contributed by atoms with Gasteiger partial charge in [-0.25, -0.2) is 4.68 Å². The van der Waals surface area contributed by atoms with Crippen molar-refractivity contribution in [3.63, 3.8) is 0 Å². The van der Waals surface area contributed by atoms with Crippen LogP contribution in [0.1, 0.15) is 43.7 Å². The highest BCUT2D eigenvalue weighted by atomic mass is 16.1. The third-order valence-electron chi connectivity index (χ3n) is 5.09. The van der Waals surface area contributed by atoms with E-state index in [2.05, 4.69) is 28.6 Å². The van der Waals surface area contributed by atoms with Crippen LogP contribution in [-0.4, -0.2) is 15.7 Å². The quantitative estimate of drug-likeness (QED) is 0.751. The minimum atomic E-state index is 0.00825. The number of anilines is 1. The van der Waals surface area contributed by atoms with Gasteiger partial charge in [0.25, 0.3) is 0 Å². The van der Waals surface area contributed by atoms with Gasteiger partial charge in [0.15, 0.2) is 0 Å². The van der Waals surface area contributed by atoms with Crippen molar-refractivity contribution in [2.24, 2.45) is 0 Å². The first kappa shape index (κ1) is 15.9. The largest absolute Gasteiger partial charge is 0.311 e. The number of rotatable bonds is 4. The Kier molecular flexibility index (Phi) is 4.51.